The molecule has 0 spiro atoms. The fourth-order valence-corrected chi connectivity index (χ4v) is 2.74. The molecule has 0 N–H and O–H groups in total. The molecule has 158 valence electrons. The molecule has 7 nitrogen and oxygen atoms in total. The van der Waals surface area contributed by atoms with Gasteiger partial charge in [0.2, 0.25) is 0 Å². The van der Waals surface area contributed by atoms with Crippen molar-refractivity contribution in [3.05, 3.63) is 11.8 Å². The molecule has 0 aromatic rings. The number of rotatable bonds is 16. The summed E-state index contributed by atoms with van der Waals surface area (Å²) in [7, 11) is 0. The lowest BCUT2D eigenvalue weighted by molar-refractivity contribution is -0.150. The Morgan fingerprint density at radius 1 is 0.889 bits per heavy atom. The number of hydrogen-bond acceptors (Lipinski definition) is 7. The first-order valence-electron chi connectivity index (χ1n) is 10.0. The molecule has 0 aliphatic heterocycles. The van der Waals surface area contributed by atoms with Crippen LogP contribution < -0.4 is 0 Å². The maximum Gasteiger partial charge on any atom is 0.309 e. The van der Waals surface area contributed by atoms with Gasteiger partial charge in [0, 0.05) is 13.2 Å². The summed E-state index contributed by atoms with van der Waals surface area (Å²) in [6, 6.07) is 0. The summed E-state index contributed by atoms with van der Waals surface area (Å²) in [5, 5.41) is 0. The standard InChI is InChI=1S/C20H36O7/c1-3-22-8-10-24-12-13-26-17-18-6-5-7-19(16-18)20(21)27-15-14-25-11-9-23-4-2/h17,19H,3-16H2,1-2H3/b18-17-. The quantitative estimate of drug-likeness (QED) is 0.229. The first-order chi connectivity index (χ1) is 13.3. The highest BCUT2D eigenvalue weighted by atomic mass is 16.6. The van der Waals surface area contributed by atoms with Gasteiger partial charge in [0.25, 0.3) is 0 Å². The molecule has 1 fully saturated rings. The van der Waals surface area contributed by atoms with E-state index in [4.69, 9.17) is 28.4 Å². The fraction of sp³-hybridized carbons (Fsp3) is 0.850. The molecule has 27 heavy (non-hydrogen) atoms. The van der Waals surface area contributed by atoms with E-state index in [1.54, 1.807) is 6.26 Å². The molecule has 0 heterocycles. The van der Waals surface area contributed by atoms with Crippen LogP contribution in [-0.2, 0) is 33.2 Å². The van der Waals surface area contributed by atoms with E-state index >= 15 is 0 Å². The topological polar surface area (TPSA) is 72.5 Å². The molecule has 1 rings (SSSR count). The van der Waals surface area contributed by atoms with Crippen LogP contribution in [0.3, 0.4) is 0 Å². The van der Waals surface area contributed by atoms with Crippen molar-refractivity contribution in [3.8, 4) is 0 Å². The molecule has 0 aromatic carbocycles. The van der Waals surface area contributed by atoms with Gasteiger partial charge in [-0.05, 0) is 45.1 Å². The number of carbonyl (C=O) groups is 1. The lowest BCUT2D eigenvalue weighted by Gasteiger charge is -2.22. The molecule has 0 radical (unpaired) electrons. The third-order valence-electron chi connectivity index (χ3n) is 4.11. The fourth-order valence-electron chi connectivity index (χ4n) is 2.74. The molecule has 0 aromatic heterocycles. The predicted molar refractivity (Wildman–Crippen MR) is 102 cm³/mol. The van der Waals surface area contributed by atoms with Crippen LogP contribution in [0.1, 0.15) is 39.5 Å². The Morgan fingerprint density at radius 2 is 1.48 bits per heavy atom. The Balaban J connectivity index is 2.09. The molecule has 0 bridgehead atoms. The van der Waals surface area contributed by atoms with E-state index in [0.29, 0.717) is 65.9 Å². The summed E-state index contributed by atoms with van der Waals surface area (Å²) < 4.78 is 32.0. The maximum atomic E-state index is 12.2. The molecule has 1 saturated carbocycles. The average molecular weight is 389 g/mol. The zero-order valence-electron chi connectivity index (χ0n) is 16.9. The van der Waals surface area contributed by atoms with Gasteiger partial charge in [-0.2, -0.15) is 0 Å². The van der Waals surface area contributed by atoms with Crippen LogP contribution in [0.4, 0.5) is 0 Å². The summed E-state index contributed by atoms with van der Waals surface area (Å²) in [6.07, 6.45) is 5.29. The van der Waals surface area contributed by atoms with Gasteiger partial charge < -0.3 is 28.4 Å². The molecule has 1 atom stereocenters. The lowest BCUT2D eigenvalue weighted by atomic mass is 9.86. The largest absolute Gasteiger partial charge is 0.499 e. The highest BCUT2D eigenvalue weighted by Crippen LogP contribution is 2.29. The Labute approximate surface area is 163 Å². The van der Waals surface area contributed by atoms with Gasteiger partial charge in [-0.1, -0.05) is 0 Å². The van der Waals surface area contributed by atoms with Crippen LogP contribution in [0, 0.1) is 5.92 Å². The number of hydrogen-bond donors (Lipinski definition) is 0. The zero-order valence-corrected chi connectivity index (χ0v) is 16.9. The smallest absolute Gasteiger partial charge is 0.309 e. The van der Waals surface area contributed by atoms with Crippen molar-refractivity contribution >= 4 is 5.97 Å². The molecule has 0 amide bonds. The Morgan fingerprint density at radius 3 is 2.15 bits per heavy atom. The minimum Gasteiger partial charge on any atom is -0.499 e. The van der Waals surface area contributed by atoms with Crippen molar-refractivity contribution in [2.45, 2.75) is 39.5 Å². The number of ether oxygens (including phenoxy) is 6. The van der Waals surface area contributed by atoms with Gasteiger partial charge >= 0.3 is 5.97 Å². The van der Waals surface area contributed by atoms with Gasteiger partial charge in [-0.3, -0.25) is 4.79 Å². The second-order valence-electron chi connectivity index (χ2n) is 6.23. The van der Waals surface area contributed by atoms with Gasteiger partial charge in [0.1, 0.15) is 13.2 Å². The molecule has 1 aliphatic carbocycles. The van der Waals surface area contributed by atoms with Crippen molar-refractivity contribution in [3.63, 3.8) is 0 Å². The van der Waals surface area contributed by atoms with Crippen molar-refractivity contribution in [1.29, 1.82) is 0 Å². The van der Waals surface area contributed by atoms with E-state index in [-0.39, 0.29) is 18.5 Å². The molecule has 1 aliphatic rings. The van der Waals surface area contributed by atoms with Crippen molar-refractivity contribution in [2.24, 2.45) is 5.92 Å². The van der Waals surface area contributed by atoms with E-state index in [1.807, 2.05) is 13.8 Å². The minimum atomic E-state index is -0.145. The van der Waals surface area contributed by atoms with E-state index in [2.05, 4.69) is 0 Å². The Kier molecular flexibility index (Phi) is 15.0. The third kappa shape index (κ3) is 12.8. The van der Waals surface area contributed by atoms with Crippen molar-refractivity contribution in [1.82, 2.24) is 0 Å². The van der Waals surface area contributed by atoms with Crippen LogP contribution >= 0.6 is 0 Å². The highest BCUT2D eigenvalue weighted by Gasteiger charge is 2.25. The van der Waals surface area contributed by atoms with Gasteiger partial charge in [0.05, 0.1) is 51.8 Å². The lowest BCUT2D eigenvalue weighted by Crippen LogP contribution is -2.23. The Hall–Kier alpha value is -1.15. The second kappa shape index (κ2) is 17.0. The first kappa shape index (κ1) is 23.9. The summed E-state index contributed by atoms with van der Waals surface area (Å²) in [4.78, 5) is 12.2. The number of carbonyl (C=O) groups excluding carboxylic acids is 1. The maximum absolute atomic E-state index is 12.2. The predicted octanol–water partition coefficient (Wildman–Crippen LogP) is 2.73. The van der Waals surface area contributed by atoms with Gasteiger partial charge in [-0.15, -0.1) is 0 Å². The van der Waals surface area contributed by atoms with Crippen LogP contribution in [0.5, 0.6) is 0 Å². The minimum absolute atomic E-state index is 0.0838. The number of allylic oxidation sites excluding steroid dienone is 1. The normalized spacial score (nSPS) is 18.6. The van der Waals surface area contributed by atoms with Crippen LogP contribution in [-0.4, -0.2) is 72.0 Å². The molecular weight excluding hydrogens is 352 g/mol. The summed E-state index contributed by atoms with van der Waals surface area (Å²) in [6.45, 7) is 9.30. The monoisotopic (exact) mass is 388 g/mol. The van der Waals surface area contributed by atoms with Gasteiger partial charge in [-0.25, -0.2) is 0 Å². The van der Waals surface area contributed by atoms with Crippen molar-refractivity contribution < 1.29 is 33.2 Å². The second-order valence-corrected chi connectivity index (χ2v) is 6.23. The summed E-state index contributed by atoms with van der Waals surface area (Å²) in [5.74, 6) is -0.229. The summed E-state index contributed by atoms with van der Waals surface area (Å²) >= 11 is 0. The number of esters is 1. The van der Waals surface area contributed by atoms with Crippen LogP contribution in [0.15, 0.2) is 11.8 Å². The summed E-state index contributed by atoms with van der Waals surface area (Å²) in [5.41, 5.74) is 1.16. The highest BCUT2D eigenvalue weighted by molar-refractivity contribution is 5.73. The van der Waals surface area contributed by atoms with E-state index < -0.39 is 0 Å². The molecule has 0 saturated heterocycles. The SMILES string of the molecule is CCOCCOCCO/C=C1/CCCC(C(=O)OCCOCCOCC)C1. The van der Waals surface area contributed by atoms with Gasteiger partial charge in [0.15, 0.2) is 0 Å². The average Bonchev–Trinajstić information content (AvgIpc) is 2.69. The molecule has 1 unspecified atom stereocenters. The van der Waals surface area contributed by atoms with E-state index in [9.17, 15) is 4.79 Å². The molecular formula is C20H36O7. The Bertz CT molecular complexity index is 398. The van der Waals surface area contributed by atoms with E-state index in [1.165, 1.54) is 0 Å². The first-order valence-corrected chi connectivity index (χ1v) is 10.0. The zero-order chi connectivity index (χ0) is 19.6. The van der Waals surface area contributed by atoms with Crippen LogP contribution in [0.25, 0.3) is 0 Å². The van der Waals surface area contributed by atoms with Crippen LogP contribution in [0.2, 0.25) is 0 Å². The van der Waals surface area contributed by atoms with E-state index in [0.717, 1.165) is 24.8 Å². The third-order valence-corrected chi connectivity index (χ3v) is 4.11. The molecule has 7 heteroatoms. The van der Waals surface area contributed by atoms with Crippen molar-refractivity contribution in [2.75, 3.05) is 66.1 Å².